The van der Waals surface area contributed by atoms with Gasteiger partial charge in [-0.25, -0.2) is 8.42 Å². The van der Waals surface area contributed by atoms with Crippen molar-refractivity contribution in [2.45, 2.75) is 43.5 Å². The first-order chi connectivity index (χ1) is 14.4. The highest BCUT2D eigenvalue weighted by Gasteiger charge is 2.34. The number of carbonyl (C=O) groups excluding carboxylic acids is 1. The van der Waals surface area contributed by atoms with E-state index in [1.165, 1.54) is 17.5 Å². The second-order valence-electron chi connectivity index (χ2n) is 7.99. The molecule has 1 unspecified atom stereocenters. The van der Waals surface area contributed by atoms with Gasteiger partial charge in [0.05, 0.1) is 13.2 Å². The second-order valence-corrected chi connectivity index (χ2v) is 9.90. The van der Waals surface area contributed by atoms with Gasteiger partial charge in [0.2, 0.25) is 10.0 Å². The number of hydrogen-bond donors (Lipinski definition) is 0. The van der Waals surface area contributed by atoms with Crippen LogP contribution in [-0.2, 0) is 10.0 Å². The van der Waals surface area contributed by atoms with Gasteiger partial charge in [0.25, 0.3) is 5.91 Å². The van der Waals surface area contributed by atoms with E-state index in [2.05, 4.69) is 19.1 Å². The van der Waals surface area contributed by atoms with Gasteiger partial charge in [0.15, 0.2) is 0 Å². The second kappa shape index (κ2) is 8.40. The summed E-state index contributed by atoms with van der Waals surface area (Å²) in [6, 6.07) is 12.9. The van der Waals surface area contributed by atoms with Crippen LogP contribution in [0.5, 0.6) is 5.75 Å². The van der Waals surface area contributed by atoms with Crippen LogP contribution in [0, 0.1) is 6.92 Å². The van der Waals surface area contributed by atoms with E-state index in [1.807, 2.05) is 17.0 Å². The van der Waals surface area contributed by atoms with Crippen LogP contribution in [0.4, 0.5) is 0 Å². The van der Waals surface area contributed by atoms with Crippen molar-refractivity contribution < 1.29 is 17.9 Å². The number of ether oxygens (including phenoxy) is 1. The lowest BCUT2D eigenvalue weighted by atomic mass is 9.99. The van der Waals surface area contributed by atoms with Gasteiger partial charge in [-0.3, -0.25) is 4.79 Å². The number of sulfonamides is 1. The smallest absolute Gasteiger partial charge is 0.254 e. The summed E-state index contributed by atoms with van der Waals surface area (Å²) in [7, 11) is -2.24. The lowest BCUT2D eigenvalue weighted by Gasteiger charge is -2.27. The van der Waals surface area contributed by atoms with Gasteiger partial charge in [0.1, 0.15) is 10.6 Å². The first kappa shape index (κ1) is 20.9. The summed E-state index contributed by atoms with van der Waals surface area (Å²) in [6.45, 7) is 3.73. The van der Waals surface area contributed by atoms with Gasteiger partial charge in [-0.1, -0.05) is 24.3 Å². The number of benzene rings is 2. The molecule has 2 fully saturated rings. The lowest BCUT2D eigenvalue weighted by Crippen LogP contribution is -2.32. The Bertz CT molecular complexity index is 1040. The molecule has 2 heterocycles. The standard InChI is InChI=1S/C23H28N2O4S/c1-17-8-3-4-9-19(17)20-10-7-15-25(20)23(26)18-11-12-21(29-2)22(16-18)30(27,28)24-13-5-6-14-24/h3-4,8-9,11-12,16,20H,5-7,10,13-15H2,1-2H3. The van der Waals surface area contributed by atoms with Crippen molar-refractivity contribution in [2.75, 3.05) is 26.7 Å². The predicted octanol–water partition coefficient (Wildman–Crippen LogP) is 3.77. The van der Waals surface area contributed by atoms with E-state index in [-0.39, 0.29) is 22.6 Å². The molecule has 0 bridgehead atoms. The highest BCUT2D eigenvalue weighted by Crippen LogP contribution is 2.36. The summed E-state index contributed by atoms with van der Waals surface area (Å²) in [5.41, 5.74) is 2.70. The topological polar surface area (TPSA) is 66.9 Å². The first-order valence-electron chi connectivity index (χ1n) is 10.5. The molecule has 2 aromatic carbocycles. The Morgan fingerprint density at radius 1 is 1.03 bits per heavy atom. The van der Waals surface area contributed by atoms with Crippen LogP contribution in [0.3, 0.4) is 0 Å². The summed E-state index contributed by atoms with van der Waals surface area (Å²) < 4.78 is 33.1. The van der Waals surface area contributed by atoms with E-state index in [1.54, 1.807) is 12.1 Å². The number of likely N-dealkylation sites (tertiary alicyclic amines) is 1. The molecule has 0 radical (unpaired) electrons. The molecule has 160 valence electrons. The Morgan fingerprint density at radius 3 is 2.47 bits per heavy atom. The monoisotopic (exact) mass is 428 g/mol. The third-order valence-electron chi connectivity index (χ3n) is 6.15. The van der Waals surface area contributed by atoms with Gasteiger partial charge in [-0.15, -0.1) is 0 Å². The van der Waals surface area contributed by atoms with E-state index < -0.39 is 10.0 Å². The third kappa shape index (κ3) is 3.72. The minimum absolute atomic E-state index is 0.0134. The first-order valence-corrected chi connectivity index (χ1v) is 11.9. The quantitative estimate of drug-likeness (QED) is 0.727. The highest BCUT2D eigenvalue weighted by atomic mass is 32.2. The molecule has 1 atom stereocenters. The Balaban J connectivity index is 1.68. The molecule has 2 aromatic rings. The summed E-state index contributed by atoms with van der Waals surface area (Å²) in [4.78, 5) is 15.4. The Morgan fingerprint density at radius 2 is 1.77 bits per heavy atom. The number of rotatable bonds is 5. The van der Waals surface area contributed by atoms with Crippen LogP contribution >= 0.6 is 0 Å². The summed E-state index contributed by atoms with van der Waals surface area (Å²) in [6.07, 6.45) is 3.55. The predicted molar refractivity (Wildman–Crippen MR) is 115 cm³/mol. The van der Waals surface area contributed by atoms with E-state index >= 15 is 0 Å². The fourth-order valence-corrected chi connectivity index (χ4v) is 6.24. The van der Waals surface area contributed by atoms with E-state index in [0.717, 1.165) is 36.8 Å². The zero-order valence-electron chi connectivity index (χ0n) is 17.5. The molecular formula is C23H28N2O4S. The Labute approximate surface area is 178 Å². The average Bonchev–Trinajstić information content (AvgIpc) is 3.45. The van der Waals surface area contributed by atoms with Crippen molar-refractivity contribution >= 4 is 15.9 Å². The van der Waals surface area contributed by atoms with Crippen LogP contribution in [0.25, 0.3) is 0 Å². The van der Waals surface area contributed by atoms with Crippen LogP contribution in [-0.4, -0.2) is 50.3 Å². The van der Waals surface area contributed by atoms with Crippen LogP contribution < -0.4 is 4.74 Å². The summed E-state index contributed by atoms with van der Waals surface area (Å²) in [5.74, 6) is 0.136. The van der Waals surface area contributed by atoms with E-state index in [0.29, 0.717) is 25.2 Å². The molecule has 30 heavy (non-hydrogen) atoms. The molecule has 6 nitrogen and oxygen atoms in total. The van der Waals surface area contributed by atoms with E-state index in [4.69, 9.17) is 4.74 Å². The van der Waals surface area contributed by atoms with Gasteiger partial charge >= 0.3 is 0 Å². The van der Waals surface area contributed by atoms with Crippen LogP contribution in [0.2, 0.25) is 0 Å². The van der Waals surface area contributed by atoms with Crippen molar-refractivity contribution in [1.82, 2.24) is 9.21 Å². The summed E-state index contributed by atoms with van der Waals surface area (Å²) in [5, 5.41) is 0. The van der Waals surface area contributed by atoms with Gasteiger partial charge in [-0.05, 0) is 61.9 Å². The molecule has 2 aliphatic heterocycles. The molecule has 0 saturated carbocycles. The molecule has 0 N–H and O–H groups in total. The number of nitrogens with zero attached hydrogens (tertiary/aromatic N) is 2. The number of amides is 1. The maximum Gasteiger partial charge on any atom is 0.254 e. The largest absolute Gasteiger partial charge is 0.495 e. The Kier molecular flexibility index (Phi) is 5.84. The molecule has 0 aliphatic carbocycles. The van der Waals surface area contributed by atoms with Crippen molar-refractivity contribution in [3.05, 3.63) is 59.2 Å². The van der Waals surface area contributed by atoms with Crippen molar-refractivity contribution in [2.24, 2.45) is 0 Å². The molecule has 4 rings (SSSR count). The Hall–Kier alpha value is -2.38. The van der Waals surface area contributed by atoms with Crippen molar-refractivity contribution in [3.63, 3.8) is 0 Å². The number of hydrogen-bond acceptors (Lipinski definition) is 4. The molecule has 1 amide bonds. The third-order valence-corrected chi connectivity index (χ3v) is 8.07. The number of aryl methyl sites for hydroxylation is 1. The molecule has 7 heteroatoms. The minimum atomic E-state index is -3.70. The highest BCUT2D eigenvalue weighted by molar-refractivity contribution is 7.89. The zero-order valence-corrected chi connectivity index (χ0v) is 18.3. The zero-order chi connectivity index (χ0) is 21.3. The van der Waals surface area contributed by atoms with Crippen molar-refractivity contribution in [3.8, 4) is 5.75 Å². The SMILES string of the molecule is COc1ccc(C(=O)N2CCCC2c2ccccc2C)cc1S(=O)(=O)N1CCCC1. The van der Waals surface area contributed by atoms with E-state index in [9.17, 15) is 13.2 Å². The molecular weight excluding hydrogens is 400 g/mol. The molecule has 2 aliphatic rings. The van der Waals surface area contributed by atoms with Gasteiger partial charge < -0.3 is 9.64 Å². The average molecular weight is 429 g/mol. The molecule has 2 saturated heterocycles. The van der Waals surface area contributed by atoms with Crippen molar-refractivity contribution in [1.29, 1.82) is 0 Å². The lowest BCUT2D eigenvalue weighted by molar-refractivity contribution is 0.0735. The maximum absolute atomic E-state index is 13.4. The minimum Gasteiger partial charge on any atom is -0.495 e. The normalized spacial score (nSPS) is 19.9. The fraction of sp³-hybridized carbons (Fsp3) is 0.435. The van der Waals surface area contributed by atoms with Crippen LogP contribution in [0.1, 0.15) is 53.2 Å². The maximum atomic E-state index is 13.4. The molecule has 0 aromatic heterocycles. The number of carbonyl (C=O) groups is 1. The van der Waals surface area contributed by atoms with Gasteiger partial charge in [-0.2, -0.15) is 4.31 Å². The van der Waals surface area contributed by atoms with Gasteiger partial charge in [0, 0.05) is 25.2 Å². The number of methoxy groups -OCH3 is 1. The van der Waals surface area contributed by atoms with Crippen LogP contribution in [0.15, 0.2) is 47.4 Å². The molecule has 0 spiro atoms. The summed E-state index contributed by atoms with van der Waals surface area (Å²) >= 11 is 0. The fourth-order valence-electron chi connectivity index (χ4n) is 4.54.